The van der Waals surface area contributed by atoms with Crippen LogP contribution in [-0.4, -0.2) is 11.6 Å². The topological polar surface area (TPSA) is 86.2 Å². The lowest BCUT2D eigenvalue weighted by Gasteiger charge is -2.34. The molecule has 4 nitrogen and oxygen atoms in total. The van der Waals surface area contributed by atoms with E-state index in [0.717, 1.165) is 9.14 Å². The summed E-state index contributed by atoms with van der Waals surface area (Å²) in [4.78, 5) is 25.5. The van der Waals surface area contributed by atoms with Crippen LogP contribution in [0.1, 0.15) is 26.3 Å². The van der Waals surface area contributed by atoms with E-state index in [9.17, 15) is 9.59 Å². The van der Waals surface area contributed by atoms with Crippen LogP contribution in [0.4, 0.5) is 5.69 Å². The summed E-state index contributed by atoms with van der Waals surface area (Å²) in [5, 5.41) is 0. The molecule has 0 saturated heterocycles. The maximum Gasteiger partial charge on any atom is 0.175 e. The monoisotopic (exact) mass is 380 g/mol. The zero-order valence-electron chi connectivity index (χ0n) is 10.8. The van der Waals surface area contributed by atoms with E-state index in [2.05, 4.69) is 22.6 Å². The number of rotatable bonds is 0. The van der Waals surface area contributed by atoms with E-state index in [0.29, 0.717) is 22.5 Å². The molecule has 2 unspecified atom stereocenters. The fraction of sp³-hybridized carbons (Fsp3) is 0.200. The molecule has 0 fully saturated rings. The second-order valence-electron chi connectivity index (χ2n) is 5.12. The lowest BCUT2D eigenvalue weighted by molar-refractivity contribution is 0.0791. The summed E-state index contributed by atoms with van der Waals surface area (Å²) in [6, 6.07) is 3.45. The van der Waals surface area contributed by atoms with Crippen molar-refractivity contribution >= 4 is 39.8 Å². The van der Waals surface area contributed by atoms with Gasteiger partial charge >= 0.3 is 0 Å². The van der Waals surface area contributed by atoms with E-state index in [1.165, 1.54) is 0 Å². The molecule has 1 aromatic rings. The molecule has 4 N–H and O–H groups in total. The van der Waals surface area contributed by atoms with Crippen molar-refractivity contribution in [3.63, 3.8) is 0 Å². The van der Waals surface area contributed by atoms with Gasteiger partial charge in [0.2, 0.25) is 0 Å². The van der Waals surface area contributed by atoms with Gasteiger partial charge in [-0.25, -0.2) is 0 Å². The number of nitrogens with two attached hydrogens (primary N) is 2. The quantitative estimate of drug-likeness (QED) is 0.535. The van der Waals surface area contributed by atoms with Crippen molar-refractivity contribution in [3.8, 4) is 0 Å². The van der Waals surface area contributed by atoms with E-state index < -0.39 is 11.8 Å². The average Bonchev–Trinajstić information content (AvgIpc) is 2.41. The molecule has 0 amide bonds. The minimum Gasteiger partial charge on any atom is -0.401 e. The Morgan fingerprint density at radius 1 is 1.00 bits per heavy atom. The zero-order valence-corrected chi connectivity index (χ0v) is 13.0. The molecule has 1 aromatic carbocycles. The minimum absolute atomic E-state index is 0.0638. The maximum atomic E-state index is 12.8. The number of halogens is 1. The van der Waals surface area contributed by atoms with Crippen LogP contribution in [0.3, 0.4) is 0 Å². The SMILES string of the molecule is Cc1ccc(N)c2c1C(=O)C1C(I)=CC=C(N)C1C2=O. The first kappa shape index (κ1) is 13.4. The number of Topliss-reactive ketones (excluding diaryl/α,β-unsaturated/α-hetero) is 2. The Morgan fingerprint density at radius 2 is 1.65 bits per heavy atom. The number of allylic oxidation sites excluding steroid dienone is 4. The standard InChI is InChI=1S/C15H13IN2O2/c1-6-2-4-8(17)12-10(6)14(19)11-7(16)3-5-9(18)13(11)15(12)20/h2-5,11,13H,17-18H2,1H3. The zero-order chi connectivity index (χ0) is 14.6. The first-order valence-corrected chi connectivity index (χ1v) is 7.31. The first-order valence-electron chi connectivity index (χ1n) is 6.23. The second-order valence-corrected chi connectivity index (χ2v) is 6.37. The van der Waals surface area contributed by atoms with Crippen molar-refractivity contribution in [1.82, 2.24) is 0 Å². The molecule has 0 radical (unpaired) electrons. The number of aryl methyl sites for hydroxylation is 1. The van der Waals surface area contributed by atoms with Gasteiger partial charge in [-0.15, -0.1) is 0 Å². The van der Waals surface area contributed by atoms with Gasteiger partial charge < -0.3 is 11.5 Å². The number of carbonyl (C=O) groups excluding carboxylic acids is 2. The molecule has 20 heavy (non-hydrogen) atoms. The van der Waals surface area contributed by atoms with Gasteiger partial charge in [0.1, 0.15) is 0 Å². The van der Waals surface area contributed by atoms with Crippen molar-refractivity contribution in [2.45, 2.75) is 6.92 Å². The summed E-state index contributed by atoms with van der Waals surface area (Å²) in [7, 11) is 0. The van der Waals surface area contributed by atoms with Crippen LogP contribution in [0.25, 0.3) is 0 Å². The highest BCUT2D eigenvalue weighted by Crippen LogP contribution is 2.43. The Morgan fingerprint density at radius 3 is 2.35 bits per heavy atom. The predicted molar refractivity (Wildman–Crippen MR) is 85.6 cm³/mol. The number of hydrogen-bond acceptors (Lipinski definition) is 4. The summed E-state index contributed by atoms with van der Waals surface area (Å²) in [5.74, 6) is -1.33. The Hall–Kier alpha value is -1.63. The van der Waals surface area contributed by atoms with Crippen molar-refractivity contribution in [2.24, 2.45) is 17.6 Å². The van der Waals surface area contributed by atoms with E-state index in [-0.39, 0.29) is 11.6 Å². The Kier molecular flexibility index (Phi) is 2.97. The molecule has 2 aliphatic carbocycles. The molecule has 2 atom stereocenters. The third kappa shape index (κ3) is 1.65. The summed E-state index contributed by atoms with van der Waals surface area (Å²) < 4.78 is 0.840. The number of benzene rings is 1. The van der Waals surface area contributed by atoms with Crippen molar-refractivity contribution < 1.29 is 9.59 Å². The Labute approximate surface area is 130 Å². The van der Waals surface area contributed by atoms with Gasteiger partial charge in [-0.2, -0.15) is 0 Å². The molecule has 0 aromatic heterocycles. The van der Waals surface area contributed by atoms with E-state index >= 15 is 0 Å². The lowest BCUT2D eigenvalue weighted by atomic mass is 9.69. The number of carbonyl (C=O) groups is 2. The molecule has 102 valence electrons. The fourth-order valence-electron chi connectivity index (χ4n) is 2.93. The van der Waals surface area contributed by atoms with Crippen LogP contribution >= 0.6 is 22.6 Å². The van der Waals surface area contributed by atoms with Crippen LogP contribution in [0.2, 0.25) is 0 Å². The van der Waals surface area contributed by atoms with Crippen LogP contribution in [-0.2, 0) is 0 Å². The summed E-state index contributed by atoms with van der Waals surface area (Å²) in [6.07, 6.45) is 3.50. The van der Waals surface area contributed by atoms with Crippen LogP contribution in [0, 0.1) is 18.8 Å². The van der Waals surface area contributed by atoms with Crippen LogP contribution in [0.5, 0.6) is 0 Å². The molecule has 0 bridgehead atoms. The van der Waals surface area contributed by atoms with Crippen LogP contribution < -0.4 is 11.5 Å². The highest BCUT2D eigenvalue weighted by molar-refractivity contribution is 14.1. The number of nitrogen functional groups attached to an aromatic ring is 1. The smallest absolute Gasteiger partial charge is 0.175 e. The molecule has 5 heteroatoms. The van der Waals surface area contributed by atoms with E-state index in [4.69, 9.17) is 11.5 Å². The average molecular weight is 380 g/mol. The predicted octanol–water partition coefficient (Wildman–Crippen LogP) is 2.36. The fourth-order valence-corrected chi connectivity index (χ4v) is 3.75. The van der Waals surface area contributed by atoms with E-state index in [1.54, 1.807) is 24.3 Å². The Bertz CT molecular complexity index is 658. The number of hydrogen-bond donors (Lipinski definition) is 2. The summed E-state index contributed by atoms with van der Waals surface area (Å²) in [5.41, 5.74) is 14.2. The van der Waals surface area contributed by atoms with Crippen molar-refractivity contribution in [1.29, 1.82) is 0 Å². The van der Waals surface area contributed by atoms with Crippen molar-refractivity contribution in [2.75, 3.05) is 5.73 Å². The van der Waals surface area contributed by atoms with Crippen molar-refractivity contribution in [3.05, 3.63) is 50.3 Å². The highest BCUT2D eigenvalue weighted by atomic mass is 127. The first-order chi connectivity index (χ1) is 9.43. The molecule has 0 heterocycles. The van der Waals surface area contributed by atoms with Crippen LogP contribution in [0.15, 0.2) is 33.6 Å². The second kappa shape index (κ2) is 4.44. The van der Waals surface area contributed by atoms with Gasteiger partial charge in [0, 0.05) is 20.5 Å². The summed E-state index contributed by atoms with van der Waals surface area (Å²) >= 11 is 2.10. The molecular weight excluding hydrogens is 367 g/mol. The molecule has 0 spiro atoms. The third-order valence-corrected chi connectivity index (χ3v) is 4.96. The van der Waals surface area contributed by atoms with Gasteiger partial charge in [-0.3, -0.25) is 9.59 Å². The third-order valence-electron chi connectivity index (χ3n) is 3.93. The van der Waals surface area contributed by atoms with Gasteiger partial charge in [0.15, 0.2) is 11.6 Å². The molecular formula is C15H13IN2O2. The minimum atomic E-state index is -0.615. The normalized spacial score (nSPS) is 24.7. The number of anilines is 1. The maximum absolute atomic E-state index is 12.8. The summed E-state index contributed by atoms with van der Waals surface area (Å²) in [6.45, 7) is 1.82. The van der Waals surface area contributed by atoms with Gasteiger partial charge in [-0.1, -0.05) is 12.1 Å². The molecule has 2 aliphatic rings. The molecule has 0 aliphatic heterocycles. The van der Waals surface area contributed by atoms with Gasteiger partial charge in [0.05, 0.1) is 17.4 Å². The Balaban J connectivity index is 2.32. The van der Waals surface area contributed by atoms with E-state index in [1.807, 2.05) is 6.92 Å². The highest BCUT2D eigenvalue weighted by Gasteiger charge is 2.46. The number of ketones is 2. The molecule has 3 rings (SSSR count). The largest absolute Gasteiger partial charge is 0.401 e. The molecule has 0 saturated carbocycles. The lowest BCUT2D eigenvalue weighted by Crippen LogP contribution is -2.41. The number of fused-ring (bicyclic) bond motifs is 2. The van der Waals surface area contributed by atoms with Gasteiger partial charge in [-0.05, 0) is 47.2 Å². The van der Waals surface area contributed by atoms with Gasteiger partial charge in [0.25, 0.3) is 0 Å².